The number of aliphatic hydroxyl groups excluding tert-OH is 2. The molecule has 2 atom stereocenters. The Morgan fingerprint density at radius 3 is 2.76 bits per heavy atom. The van der Waals surface area contributed by atoms with Crippen molar-refractivity contribution in [2.45, 2.75) is 12.2 Å². The predicted octanol–water partition coefficient (Wildman–Crippen LogP) is 2.13. The van der Waals surface area contributed by atoms with E-state index >= 15 is 0 Å². The minimum absolute atomic E-state index is 0.215. The first-order chi connectivity index (χ1) is 8.20. The summed E-state index contributed by atoms with van der Waals surface area (Å²) in [5, 5.41) is 24.9. The van der Waals surface area contributed by atoms with Crippen LogP contribution in [0.1, 0.15) is 11.7 Å². The molecule has 0 amide bonds. The Kier molecular flexibility index (Phi) is 5.29. The maximum absolute atomic E-state index is 9.87. The van der Waals surface area contributed by atoms with Gasteiger partial charge in [0.15, 0.2) is 0 Å². The lowest BCUT2D eigenvalue weighted by atomic mass is 10.0. The summed E-state index contributed by atoms with van der Waals surface area (Å²) in [5.41, 5.74) is 8.96. The Morgan fingerprint density at radius 1 is 1.41 bits per heavy atom. The molecule has 0 aliphatic heterocycles. The highest BCUT2D eigenvalue weighted by Gasteiger charge is 2.20. The molecule has 88 valence electrons. The maximum atomic E-state index is 9.87. The van der Waals surface area contributed by atoms with Crippen molar-refractivity contribution < 1.29 is 10.2 Å². The molecule has 0 aliphatic rings. The second-order valence-electron chi connectivity index (χ2n) is 3.19. The maximum Gasteiger partial charge on any atom is 0.107 e. The number of nitrogens with zero attached hydrogens (tertiary/aromatic N) is 4. The molecule has 0 spiro atoms. The van der Waals surface area contributed by atoms with Gasteiger partial charge >= 0.3 is 0 Å². The zero-order valence-corrected chi connectivity index (χ0v) is 9.58. The van der Waals surface area contributed by atoms with Crippen molar-refractivity contribution in [3.05, 3.63) is 40.3 Å². The summed E-state index contributed by atoms with van der Waals surface area (Å²) in [6.07, 6.45) is -2.38. The van der Waals surface area contributed by atoms with Crippen LogP contribution in [0.5, 0.6) is 0 Å². The number of aliphatic imine (C=N–C) groups is 1. The van der Waals surface area contributed by atoms with E-state index in [4.69, 9.17) is 5.53 Å². The van der Waals surface area contributed by atoms with Crippen LogP contribution in [0.15, 0.2) is 34.4 Å². The molecule has 1 aromatic carbocycles. The van der Waals surface area contributed by atoms with Gasteiger partial charge in [-0.05, 0) is 23.8 Å². The van der Waals surface area contributed by atoms with Gasteiger partial charge in [-0.1, -0.05) is 23.3 Å². The van der Waals surface area contributed by atoms with Crippen LogP contribution in [0, 0.1) is 0 Å². The van der Waals surface area contributed by atoms with E-state index in [2.05, 4.69) is 32.4 Å². The molecule has 0 saturated carbocycles. The molecule has 1 rings (SSSR count). The number of hydrogen-bond acceptors (Lipinski definition) is 5. The number of benzene rings is 1. The molecule has 2 N–H and O–H groups in total. The molecule has 0 radical (unpaired) electrons. The zero-order valence-electron chi connectivity index (χ0n) is 8.76. The second-order valence-corrected chi connectivity index (χ2v) is 3.37. The van der Waals surface area contributed by atoms with Crippen LogP contribution in [0.3, 0.4) is 0 Å². The molecule has 7 heteroatoms. The highest BCUT2D eigenvalue weighted by atomic mass is 32.1. The monoisotopic (exact) mass is 250 g/mol. The third-order valence-corrected chi connectivity index (χ3v) is 2.21. The minimum Gasteiger partial charge on any atom is -0.390 e. The fourth-order valence-electron chi connectivity index (χ4n) is 1.32. The molecule has 1 aromatic rings. The Bertz CT molecular complexity index is 481. The number of para-hydroxylation sites is 1. The van der Waals surface area contributed by atoms with E-state index in [9.17, 15) is 10.2 Å². The van der Waals surface area contributed by atoms with E-state index in [0.29, 0.717) is 11.3 Å². The Hall–Kier alpha value is -1.75. The second kappa shape index (κ2) is 6.75. The van der Waals surface area contributed by atoms with Crippen molar-refractivity contribution in [1.82, 2.24) is 0 Å². The smallest absolute Gasteiger partial charge is 0.107 e. The summed E-state index contributed by atoms with van der Waals surface area (Å²) >= 11 is 4.49. The van der Waals surface area contributed by atoms with Gasteiger partial charge in [0.05, 0.1) is 23.5 Å². The Morgan fingerprint density at radius 2 is 2.12 bits per heavy atom. The lowest BCUT2D eigenvalue weighted by molar-refractivity contribution is 0.0247. The number of hydrogen-bond donors (Lipinski definition) is 2. The first-order valence-electron chi connectivity index (χ1n) is 4.74. The van der Waals surface area contributed by atoms with E-state index in [0.717, 1.165) is 0 Å². The van der Waals surface area contributed by atoms with Crippen LogP contribution in [0.2, 0.25) is 0 Å². The van der Waals surface area contributed by atoms with Crippen LogP contribution < -0.4 is 0 Å². The molecule has 2 unspecified atom stereocenters. The summed E-state index contributed by atoms with van der Waals surface area (Å²) in [7, 11) is 0. The van der Waals surface area contributed by atoms with Gasteiger partial charge in [-0.25, -0.2) is 0 Å². The molecule has 0 fully saturated rings. The van der Waals surface area contributed by atoms with E-state index in [-0.39, 0.29) is 6.54 Å². The molecule has 17 heavy (non-hydrogen) atoms. The van der Waals surface area contributed by atoms with E-state index in [1.54, 1.807) is 24.3 Å². The van der Waals surface area contributed by atoms with Gasteiger partial charge in [0, 0.05) is 10.5 Å². The molecular formula is C10H10N4O2S. The highest BCUT2D eigenvalue weighted by molar-refractivity contribution is 7.78. The van der Waals surface area contributed by atoms with Crippen LogP contribution in [-0.4, -0.2) is 28.0 Å². The SMILES string of the molecule is [N-]=[N+]=NCC(O)C(O)c1ccccc1N=C=S. The molecule has 6 nitrogen and oxygen atoms in total. The topological polar surface area (TPSA) is 102 Å². The largest absolute Gasteiger partial charge is 0.390 e. The van der Waals surface area contributed by atoms with E-state index in [1.807, 2.05) is 0 Å². The van der Waals surface area contributed by atoms with Crippen molar-refractivity contribution in [3.63, 3.8) is 0 Å². The van der Waals surface area contributed by atoms with Crippen LogP contribution in [-0.2, 0) is 0 Å². The van der Waals surface area contributed by atoms with Gasteiger partial charge in [-0.15, -0.1) is 0 Å². The average Bonchev–Trinajstić information content (AvgIpc) is 2.36. The van der Waals surface area contributed by atoms with Gasteiger partial charge in [-0.2, -0.15) is 4.99 Å². The van der Waals surface area contributed by atoms with Crippen LogP contribution in [0.4, 0.5) is 5.69 Å². The molecule has 0 heterocycles. The first-order valence-corrected chi connectivity index (χ1v) is 5.15. The molecular weight excluding hydrogens is 240 g/mol. The molecule has 0 aliphatic carbocycles. The van der Waals surface area contributed by atoms with Gasteiger partial charge in [0.2, 0.25) is 0 Å². The van der Waals surface area contributed by atoms with Gasteiger partial charge in [0.1, 0.15) is 6.10 Å². The first kappa shape index (κ1) is 13.3. The van der Waals surface area contributed by atoms with Gasteiger partial charge < -0.3 is 10.2 Å². The Balaban J connectivity index is 2.98. The third kappa shape index (κ3) is 3.64. The van der Waals surface area contributed by atoms with Gasteiger partial charge in [0.25, 0.3) is 0 Å². The van der Waals surface area contributed by atoms with Gasteiger partial charge in [-0.3, -0.25) is 0 Å². The van der Waals surface area contributed by atoms with E-state index < -0.39 is 12.2 Å². The lowest BCUT2D eigenvalue weighted by Crippen LogP contribution is -2.21. The predicted molar refractivity (Wildman–Crippen MR) is 66.1 cm³/mol. The average molecular weight is 250 g/mol. The summed E-state index contributed by atoms with van der Waals surface area (Å²) in [6.45, 7) is -0.215. The fourth-order valence-corrected chi connectivity index (χ4v) is 1.41. The number of aliphatic hydroxyl groups is 2. The minimum atomic E-state index is -1.19. The number of rotatable bonds is 5. The number of thiocarbonyl (C=S) groups is 1. The quantitative estimate of drug-likeness (QED) is 0.275. The van der Waals surface area contributed by atoms with Crippen molar-refractivity contribution in [2.75, 3.05) is 6.54 Å². The molecule has 0 saturated heterocycles. The summed E-state index contributed by atoms with van der Waals surface area (Å²) in [6, 6.07) is 6.66. The summed E-state index contributed by atoms with van der Waals surface area (Å²) in [5.74, 6) is 0. The zero-order chi connectivity index (χ0) is 12.7. The molecule has 0 aromatic heterocycles. The van der Waals surface area contributed by atoms with Crippen molar-refractivity contribution in [2.24, 2.45) is 10.1 Å². The third-order valence-electron chi connectivity index (χ3n) is 2.12. The standard InChI is InChI=1S/C10H10N4O2S/c11-14-13-5-9(15)10(16)7-3-1-2-4-8(7)12-6-17/h1-4,9-10,15-16H,5H2. The van der Waals surface area contributed by atoms with Crippen LogP contribution in [0.25, 0.3) is 10.4 Å². The van der Waals surface area contributed by atoms with Crippen molar-refractivity contribution in [3.8, 4) is 0 Å². The highest BCUT2D eigenvalue weighted by Crippen LogP contribution is 2.27. The van der Waals surface area contributed by atoms with Crippen molar-refractivity contribution in [1.29, 1.82) is 0 Å². The Labute approximate surface area is 103 Å². The normalized spacial score (nSPS) is 13.1. The van der Waals surface area contributed by atoms with E-state index in [1.165, 1.54) is 0 Å². The number of isothiocyanates is 1. The van der Waals surface area contributed by atoms with Crippen molar-refractivity contribution >= 4 is 23.1 Å². The number of azide groups is 1. The fraction of sp³-hybridized carbons (Fsp3) is 0.300. The summed E-state index contributed by atoms with van der Waals surface area (Å²) in [4.78, 5) is 6.29. The molecule has 0 bridgehead atoms. The lowest BCUT2D eigenvalue weighted by Gasteiger charge is -2.17. The van der Waals surface area contributed by atoms with Crippen LogP contribution >= 0.6 is 12.2 Å². The summed E-state index contributed by atoms with van der Waals surface area (Å²) < 4.78 is 0.